The summed E-state index contributed by atoms with van der Waals surface area (Å²) < 4.78 is 2.60. The molecule has 0 spiro atoms. The number of hydrogen-bond acceptors (Lipinski definition) is 2. The molecule has 0 saturated carbocycles. The summed E-state index contributed by atoms with van der Waals surface area (Å²) in [5, 5.41) is 9.73. The second-order valence-electron chi connectivity index (χ2n) is 29.8. The van der Waals surface area contributed by atoms with Crippen molar-refractivity contribution in [1.29, 1.82) is 0 Å². The number of benzene rings is 19. The Kier molecular flexibility index (Phi) is 15.4. The van der Waals surface area contributed by atoms with E-state index in [1.807, 2.05) is 0 Å². The van der Waals surface area contributed by atoms with Gasteiger partial charge in [-0.15, -0.1) is 0 Å². The lowest BCUT2D eigenvalue weighted by molar-refractivity contribution is 1.16. The number of fused-ring (bicyclic) bond motifs is 12. The van der Waals surface area contributed by atoms with E-state index in [1.54, 1.807) is 0 Å². The van der Waals surface area contributed by atoms with Crippen molar-refractivity contribution < 1.29 is 0 Å². The van der Waals surface area contributed by atoms with Gasteiger partial charge in [0.15, 0.2) is 0 Å². The number of nitrogens with zero attached hydrogens (tertiary/aromatic N) is 3. The van der Waals surface area contributed by atoms with E-state index in [2.05, 4.69) is 439 Å². The molecule has 2 aliphatic rings. The van der Waals surface area contributed by atoms with Crippen molar-refractivity contribution in [1.82, 2.24) is 4.57 Å². The average Bonchev–Trinajstić information content (AvgIpc) is 0.786. The van der Waals surface area contributed by atoms with Gasteiger partial charge in [0.05, 0.1) is 28.1 Å². The summed E-state index contributed by atoms with van der Waals surface area (Å²) in [5.41, 5.74) is 33.9. The van der Waals surface area contributed by atoms with E-state index in [1.165, 1.54) is 70.6 Å². The van der Waals surface area contributed by atoms with Crippen LogP contribution in [-0.2, 0) is 0 Å². The summed E-state index contributed by atoms with van der Waals surface area (Å²) >= 11 is 0. The molecule has 520 valence electrons. The molecule has 2 aliphatic heterocycles. The van der Waals surface area contributed by atoms with Gasteiger partial charge in [0, 0.05) is 55.8 Å². The van der Waals surface area contributed by atoms with Crippen LogP contribution < -0.4 is 26.2 Å². The molecular weight excluding hydrogens is 1350 g/mol. The van der Waals surface area contributed by atoms with Crippen molar-refractivity contribution in [2.45, 2.75) is 0 Å². The molecule has 3 nitrogen and oxygen atoms in total. The minimum absolute atomic E-state index is 0.307. The van der Waals surface area contributed by atoms with Crippen LogP contribution in [0.15, 0.2) is 425 Å². The molecule has 112 heavy (non-hydrogen) atoms. The quantitative estimate of drug-likeness (QED) is 0.0892. The Labute approximate surface area is 651 Å². The third kappa shape index (κ3) is 10.7. The highest BCUT2D eigenvalue weighted by Gasteiger charge is 2.46. The average molecular weight is 1420 g/mol. The zero-order valence-corrected chi connectivity index (χ0v) is 61.3. The summed E-state index contributed by atoms with van der Waals surface area (Å²) in [7, 11) is 0. The van der Waals surface area contributed by atoms with Crippen LogP contribution in [0.4, 0.5) is 34.1 Å². The molecule has 0 unspecified atom stereocenters. The van der Waals surface area contributed by atoms with Gasteiger partial charge in [-0.05, 0) is 199 Å². The van der Waals surface area contributed by atoms with Crippen LogP contribution in [0, 0.1) is 0 Å². The molecular formula is C108H70BN3. The van der Waals surface area contributed by atoms with Crippen molar-refractivity contribution in [3.05, 3.63) is 425 Å². The van der Waals surface area contributed by atoms with Crippen LogP contribution in [0.5, 0.6) is 0 Å². The zero-order chi connectivity index (χ0) is 73.7. The van der Waals surface area contributed by atoms with Crippen LogP contribution in [0.2, 0.25) is 0 Å². The lowest BCUT2D eigenvalue weighted by Crippen LogP contribution is -2.61. The summed E-state index contributed by atoms with van der Waals surface area (Å²) in [6, 6.07) is 159. The maximum Gasteiger partial charge on any atom is 0.252 e. The van der Waals surface area contributed by atoms with Crippen molar-refractivity contribution in [2.75, 3.05) is 9.80 Å². The molecule has 20 aromatic rings. The van der Waals surface area contributed by atoms with Gasteiger partial charge in [-0.3, -0.25) is 0 Å². The van der Waals surface area contributed by atoms with Crippen LogP contribution in [0.1, 0.15) is 0 Å². The molecule has 3 heterocycles. The van der Waals surface area contributed by atoms with E-state index in [0.717, 1.165) is 140 Å². The smallest absolute Gasteiger partial charge is 0.252 e. The highest BCUT2D eigenvalue weighted by atomic mass is 15.2. The Morgan fingerprint density at radius 3 is 0.991 bits per heavy atom. The Morgan fingerprint density at radius 1 is 0.188 bits per heavy atom. The Hall–Kier alpha value is -14.6. The number of rotatable bonds is 12. The molecule has 0 radical (unpaired) electrons. The minimum Gasteiger partial charge on any atom is -0.310 e. The molecule has 4 heteroatoms. The molecule has 22 rings (SSSR count). The molecule has 0 atom stereocenters. The van der Waals surface area contributed by atoms with E-state index in [9.17, 15) is 0 Å². The monoisotopic (exact) mass is 1420 g/mol. The SMILES string of the molecule is c1ccc(-c2ccc3c(c2)B2c4cc(-c5ccccc5)ccc4N(c4c(-c5ccccc5)cc(-c5ccccc5)cc4-c4ccccc4)c4cc(-n5c6ccc(-c7cc8ccccc8c8ccccc78)cc6c6c7ccccc7ccc65)cc(c42)N3c2c(-c3ccccc3)cc(-c3ccccc3)cc2-c2ccccc2)cc1. The second kappa shape index (κ2) is 26.7. The van der Waals surface area contributed by atoms with E-state index >= 15 is 0 Å². The predicted molar refractivity (Wildman–Crippen MR) is 476 cm³/mol. The van der Waals surface area contributed by atoms with Crippen molar-refractivity contribution >= 4 is 111 Å². The van der Waals surface area contributed by atoms with E-state index in [0.29, 0.717) is 0 Å². The summed E-state index contributed by atoms with van der Waals surface area (Å²) in [4.78, 5) is 5.40. The van der Waals surface area contributed by atoms with Crippen LogP contribution in [-0.4, -0.2) is 11.3 Å². The fourth-order valence-electron chi connectivity index (χ4n) is 18.4. The first kappa shape index (κ1) is 64.6. The predicted octanol–water partition coefficient (Wildman–Crippen LogP) is 27.3. The lowest BCUT2D eigenvalue weighted by Gasteiger charge is -2.46. The number of hydrogen-bond donors (Lipinski definition) is 0. The Morgan fingerprint density at radius 2 is 0.545 bits per heavy atom. The first-order chi connectivity index (χ1) is 55.6. The standard InChI is InChI=1S/C108H70BN3/c1-9-31-71(32-10-1)80-54-58-100-97(67-80)109-98-68-81(72-33-11-2-12-34-72)55-59-101(98)112(108-94(77-43-21-7-22-44-77)65-85(74-37-15-4-16-38-74)66-95(108)78-45-23-8-24-46-78)104-70-86(69-103(106(104)109)111(100)107-92(75-39-17-5-18-40-75)63-84(73-35-13-3-14-36-73)64-93(107)76-41-19-6-20-42-76)110-99-57-56-83(62-96(99)105-88-50-28-25-47-79(88)53-60-102(105)110)91-61-82-48-26-27-49-87(82)89-51-29-30-52-90(89)91/h1-70H. The van der Waals surface area contributed by atoms with Gasteiger partial charge < -0.3 is 14.4 Å². The first-order valence-corrected chi connectivity index (χ1v) is 38.8. The molecule has 0 fully saturated rings. The molecule has 0 aliphatic carbocycles. The van der Waals surface area contributed by atoms with Gasteiger partial charge in [0.25, 0.3) is 6.71 Å². The minimum atomic E-state index is -0.307. The highest BCUT2D eigenvalue weighted by molar-refractivity contribution is 7.00. The first-order valence-electron chi connectivity index (χ1n) is 38.8. The Bertz CT molecular complexity index is 6680. The number of anilines is 6. The van der Waals surface area contributed by atoms with Crippen molar-refractivity contribution in [3.8, 4) is 106 Å². The summed E-state index contributed by atoms with van der Waals surface area (Å²) in [6.07, 6.45) is 0. The fraction of sp³-hybridized carbons (Fsp3) is 0. The largest absolute Gasteiger partial charge is 0.310 e. The molecule has 0 amide bonds. The molecule has 0 N–H and O–H groups in total. The van der Waals surface area contributed by atoms with Crippen LogP contribution in [0.25, 0.3) is 160 Å². The lowest BCUT2D eigenvalue weighted by atomic mass is 9.33. The second-order valence-corrected chi connectivity index (χ2v) is 29.8. The topological polar surface area (TPSA) is 11.4 Å². The Balaban J connectivity index is 0.936. The van der Waals surface area contributed by atoms with Gasteiger partial charge in [-0.2, -0.15) is 0 Å². The zero-order valence-electron chi connectivity index (χ0n) is 61.3. The van der Waals surface area contributed by atoms with E-state index in [-0.39, 0.29) is 6.71 Å². The summed E-state index contributed by atoms with van der Waals surface area (Å²) in [6.45, 7) is -0.307. The van der Waals surface area contributed by atoms with Gasteiger partial charge in [-0.25, -0.2) is 0 Å². The van der Waals surface area contributed by atoms with E-state index < -0.39 is 0 Å². The van der Waals surface area contributed by atoms with Crippen molar-refractivity contribution in [2.24, 2.45) is 0 Å². The van der Waals surface area contributed by atoms with Crippen LogP contribution >= 0.6 is 0 Å². The van der Waals surface area contributed by atoms with E-state index in [4.69, 9.17) is 0 Å². The van der Waals surface area contributed by atoms with Gasteiger partial charge in [0.1, 0.15) is 0 Å². The van der Waals surface area contributed by atoms with Crippen molar-refractivity contribution in [3.63, 3.8) is 0 Å². The maximum absolute atomic E-state index is 2.70. The highest BCUT2D eigenvalue weighted by Crippen LogP contribution is 2.56. The van der Waals surface area contributed by atoms with Gasteiger partial charge in [-0.1, -0.05) is 352 Å². The third-order valence-corrected chi connectivity index (χ3v) is 23.5. The third-order valence-electron chi connectivity index (χ3n) is 23.5. The molecule has 0 saturated heterocycles. The van der Waals surface area contributed by atoms with Gasteiger partial charge >= 0.3 is 0 Å². The normalized spacial score (nSPS) is 12.2. The van der Waals surface area contributed by atoms with Gasteiger partial charge in [0.2, 0.25) is 0 Å². The molecule has 19 aromatic carbocycles. The van der Waals surface area contributed by atoms with Crippen LogP contribution in [0.3, 0.4) is 0 Å². The number of aromatic nitrogens is 1. The molecule has 0 bridgehead atoms. The molecule has 1 aromatic heterocycles. The maximum atomic E-state index is 2.70. The summed E-state index contributed by atoms with van der Waals surface area (Å²) in [5.74, 6) is 0. The fourth-order valence-corrected chi connectivity index (χ4v) is 18.4.